The summed E-state index contributed by atoms with van der Waals surface area (Å²) in [6, 6.07) is 8.91. The summed E-state index contributed by atoms with van der Waals surface area (Å²) >= 11 is 0. The third-order valence-corrected chi connectivity index (χ3v) is 2.92. The zero-order chi connectivity index (χ0) is 16.7. The van der Waals surface area contributed by atoms with E-state index in [0.717, 1.165) is 13.0 Å². The van der Waals surface area contributed by atoms with Gasteiger partial charge in [-0.3, -0.25) is 4.79 Å². The van der Waals surface area contributed by atoms with Crippen molar-refractivity contribution in [3.63, 3.8) is 0 Å². The van der Waals surface area contributed by atoms with Crippen molar-refractivity contribution in [2.45, 2.75) is 33.3 Å². The number of hydrogen-bond acceptors (Lipinski definition) is 5. The van der Waals surface area contributed by atoms with Crippen LogP contribution < -0.4 is 15.4 Å². The zero-order valence-electron chi connectivity index (χ0n) is 13.7. The van der Waals surface area contributed by atoms with Crippen LogP contribution in [0.5, 0.6) is 5.75 Å². The topological polar surface area (TPSA) is 76.1 Å². The molecule has 0 aliphatic heterocycles. The summed E-state index contributed by atoms with van der Waals surface area (Å²) in [5, 5.41) is 5.90. The normalized spacial score (nSPS) is 10.4. The number of rotatable bonds is 7. The number of nitrogens with zero attached hydrogens (tertiary/aromatic N) is 2. The molecule has 0 bridgehead atoms. The van der Waals surface area contributed by atoms with Gasteiger partial charge in [0.05, 0.1) is 11.8 Å². The fourth-order valence-electron chi connectivity index (χ4n) is 1.92. The molecule has 2 rings (SSSR count). The molecule has 6 heteroatoms. The van der Waals surface area contributed by atoms with Gasteiger partial charge < -0.3 is 15.4 Å². The molecule has 2 aromatic rings. The second-order valence-electron chi connectivity index (χ2n) is 5.31. The Morgan fingerprint density at radius 3 is 2.78 bits per heavy atom. The number of benzene rings is 1. The number of carbonyl (C=O) groups is 1. The standard InChI is InChI=1S/C17H22N4O2/c1-4-10-18-17-19-11-9-14(21-17)16(22)20-13-7-5-6-8-15(13)23-12(2)3/h5-9,11-12H,4,10H2,1-3H3,(H,20,22)(H,18,19,21). The van der Waals surface area contributed by atoms with E-state index in [2.05, 4.69) is 27.5 Å². The van der Waals surface area contributed by atoms with Gasteiger partial charge in [0.15, 0.2) is 0 Å². The van der Waals surface area contributed by atoms with Crippen LogP contribution in [0.15, 0.2) is 36.5 Å². The van der Waals surface area contributed by atoms with E-state index in [1.54, 1.807) is 18.3 Å². The molecule has 122 valence electrons. The van der Waals surface area contributed by atoms with Crippen molar-refractivity contribution in [3.05, 3.63) is 42.2 Å². The first-order valence-electron chi connectivity index (χ1n) is 7.74. The molecule has 0 radical (unpaired) electrons. The molecular weight excluding hydrogens is 292 g/mol. The van der Waals surface area contributed by atoms with Crippen molar-refractivity contribution in [1.82, 2.24) is 9.97 Å². The molecule has 1 amide bonds. The van der Waals surface area contributed by atoms with Gasteiger partial charge in [0, 0.05) is 12.7 Å². The van der Waals surface area contributed by atoms with Gasteiger partial charge in [-0.1, -0.05) is 19.1 Å². The fourth-order valence-corrected chi connectivity index (χ4v) is 1.92. The number of para-hydroxylation sites is 2. The maximum absolute atomic E-state index is 12.4. The maximum Gasteiger partial charge on any atom is 0.274 e. The third kappa shape index (κ3) is 4.95. The second kappa shape index (κ2) is 8.12. The smallest absolute Gasteiger partial charge is 0.274 e. The van der Waals surface area contributed by atoms with Crippen molar-refractivity contribution in [1.29, 1.82) is 0 Å². The summed E-state index contributed by atoms with van der Waals surface area (Å²) < 4.78 is 5.70. The van der Waals surface area contributed by atoms with Gasteiger partial charge >= 0.3 is 0 Å². The molecule has 1 aromatic carbocycles. The largest absolute Gasteiger partial charge is 0.489 e. The van der Waals surface area contributed by atoms with Crippen LogP contribution in [0.25, 0.3) is 0 Å². The van der Waals surface area contributed by atoms with E-state index < -0.39 is 0 Å². The Balaban J connectivity index is 2.13. The molecule has 0 atom stereocenters. The SMILES string of the molecule is CCCNc1nccc(C(=O)Nc2ccccc2OC(C)C)n1. The highest BCUT2D eigenvalue weighted by molar-refractivity contribution is 6.03. The number of anilines is 2. The summed E-state index contributed by atoms with van der Waals surface area (Å²) in [5.74, 6) is 0.784. The van der Waals surface area contributed by atoms with Crippen molar-refractivity contribution < 1.29 is 9.53 Å². The molecule has 1 heterocycles. The van der Waals surface area contributed by atoms with E-state index in [-0.39, 0.29) is 12.0 Å². The van der Waals surface area contributed by atoms with E-state index in [0.29, 0.717) is 23.1 Å². The van der Waals surface area contributed by atoms with Gasteiger partial charge in [0.2, 0.25) is 5.95 Å². The Labute approximate surface area is 136 Å². The van der Waals surface area contributed by atoms with Crippen LogP contribution in [0.4, 0.5) is 11.6 Å². The van der Waals surface area contributed by atoms with Crippen LogP contribution in [0.2, 0.25) is 0 Å². The number of hydrogen-bond donors (Lipinski definition) is 2. The molecule has 0 unspecified atom stereocenters. The highest BCUT2D eigenvalue weighted by Crippen LogP contribution is 2.25. The summed E-state index contributed by atoms with van der Waals surface area (Å²) in [6.45, 7) is 6.69. The summed E-state index contributed by atoms with van der Waals surface area (Å²) in [7, 11) is 0. The molecule has 0 saturated heterocycles. The van der Waals surface area contributed by atoms with Gasteiger partial charge in [0.1, 0.15) is 11.4 Å². The van der Waals surface area contributed by atoms with Crippen LogP contribution in [0.3, 0.4) is 0 Å². The Kier molecular flexibility index (Phi) is 5.91. The van der Waals surface area contributed by atoms with Gasteiger partial charge in [-0.15, -0.1) is 0 Å². The van der Waals surface area contributed by atoms with Crippen molar-refractivity contribution in [2.24, 2.45) is 0 Å². The van der Waals surface area contributed by atoms with Crippen LogP contribution in [0.1, 0.15) is 37.7 Å². The second-order valence-corrected chi connectivity index (χ2v) is 5.31. The van der Waals surface area contributed by atoms with Crippen molar-refractivity contribution in [2.75, 3.05) is 17.2 Å². The minimum atomic E-state index is -0.299. The lowest BCUT2D eigenvalue weighted by Crippen LogP contribution is -2.17. The van der Waals surface area contributed by atoms with E-state index in [1.807, 2.05) is 32.0 Å². The summed E-state index contributed by atoms with van der Waals surface area (Å²) in [6.07, 6.45) is 2.55. The number of amides is 1. The highest BCUT2D eigenvalue weighted by atomic mass is 16.5. The molecule has 1 aromatic heterocycles. The van der Waals surface area contributed by atoms with E-state index in [1.165, 1.54) is 0 Å². The lowest BCUT2D eigenvalue weighted by molar-refractivity contribution is 0.102. The quantitative estimate of drug-likeness (QED) is 0.819. The van der Waals surface area contributed by atoms with Gasteiger partial charge in [-0.2, -0.15) is 0 Å². The minimum absolute atomic E-state index is 0.0250. The highest BCUT2D eigenvalue weighted by Gasteiger charge is 2.12. The number of nitrogens with one attached hydrogen (secondary N) is 2. The number of ether oxygens (including phenoxy) is 1. The molecule has 2 N–H and O–H groups in total. The Bertz CT molecular complexity index is 659. The zero-order valence-corrected chi connectivity index (χ0v) is 13.7. The van der Waals surface area contributed by atoms with Gasteiger partial charge in [-0.05, 0) is 38.5 Å². The van der Waals surface area contributed by atoms with Crippen LogP contribution >= 0.6 is 0 Å². The first-order chi connectivity index (χ1) is 11.1. The molecule has 0 fully saturated rings. The third-order valence-electron chi connectivity index (χ3n) is 2.92. The minimum Gasteiger partial charge on any atom is -0.489 e. The molecule has 0 spiro atoms. The maximum atomic E-state index is 12.4. The predicted molar refractivity (Wildman–Crippen MR) is 91.0 cm³/mol. The predicted octanol–water partition coefficient (Wildman–Crippen LogP) is 3.34. The monoisotopic (exact) mass is 314 g/mol. The summed E-state index contributed by atoms with van der Waals surface area (Å²) in [4.78, 5) is 20.7. The Morgan fingerprint density at radius 1 is 1.26 bits per heavy atom. The van der Waals surface area contributed by atoms with Gasteiger partial charge in [0.25, 0.3) is 5.91 Å². The average molecular weight is 314 g/mol. The van der Waals surface area contributed by atoms with E-state index in [4.69, 9.17) is 4.74 Å². The van der Waals surface area contributed by atoms with E-state index in [9.17, 15) is 4.79 Å². The molecule has 0 saturated carbocycles. The van der Waals surface area contributed by atoms with Crippen molar-refractivity contribution >= 4 is 17.5 Å². The summed E-state index contributed by atoms with van der Waals surface area (Å²) in [5.41, 5.74) is 0.922. The van der Waals surface area contributed by atoms with E-state index >= 15 is 0 Å². The molecule has 0 aliphatic rings. The number of carbonyl (C=O) groups excluding carboxylic acids is 1. The lowest BCUT2D eigenvalue weighted by atomic mass is 10.2. The van der Waals surface area contributed by atoms with Crippen LogP contribution in [-0.2, 0) is 0 Å². The molecule has 6 nitrogen and oxygen atoms in total. The molecule has 0 aliphatic carbocycles. The molecular formula is C17H22N4O2. The number of aromatic nitrogens is 2. The first kappa shape index (κ1) is 16.7. The molecule has 23 heavy (non-hydrogen) atoms. The Hall–Kier alpha value is -2.63. The van der Waals surface area contributed by atoms with Crippen molar-refractivity contribution in [3.8, 4) is 5.75 Å². The average Bonchev–Trinajstić information content (AvgIpc) is 2.54. The lowest BCUT2D eigenvalue weighted by Gasteiger charge is -2.14. The van der Waals surface area contributed by atoms with Crippen LogP contribution in [-0.4, -0.2) is 28.5 Å². The van der Waals surface area contributed by atoms with Crippen LogP contribution in [0, 0.1) is 0 Å². The fraction of sp³-hybridized carbons (Fsp3) is 0.353. The Morgan fingerprint density at radius 2 is 2.04 bits per heavy atom. The first-order valence-corrected chi connectivity index (χ1v) is 7.74. The van der Waals surface area contributed by atoms with Gasteiger partial charge in [-0.25, -0.2) is 9.97 Å².